The van der Waals surface area contributed by atoms with E-state index in [2.05, 4.69) is 77.3 Å². The van der Waals surface area contributed by atoms with Crippen molar-refractivity contribution in [2.45, 2.75) is 133 Å². The highest BCUT2D eigenvalue weighted by atomic mass is 35.5. The molecule has 1 aliphatic carbocycles. The molecule has 0 saturated heterocycles. The molecule has 2 aromatic rings. The molecule has 0 amide bonds. The fourth-order valence-electron chi connectivity index (χ4n) is 4.26. The summed E-state index contributed by atoms with van der Waals surface area (Å²) < 4.78 is 0. The summed E-state index contributed by atoms with van der Waals surface area (Å²) in [5.74, 6) is 0.254. The summed E-state index contributed by atoms with van der Waals surface area (Å²) in [6.07, 6.45) is 16.9. The van der Waals surface area contributed by atoms with Crippen molar-refractivity contribution in [1.29, 1.82) is 0 Å². The number of carbonyl (C=O) groups is 2. The van der Waals surface area contributed by atoms with Crippen LogP contribution in [0.5, 0.6) is 5.75 Å². The van der Waals surface area contributed by atoms with E-state index in [4.69, 9.17) is 26.5 Å². The van der Waals surface area contributed by atoms with Crippen molar-refractivity contribution >= 4 is 44.8 Å². The maximum absolute atomic E-state index is 10.8. The van der Waals surface area contributed by atoms with Crippen molar-refractivity contribution in [2.24, 2.45) is 10.8 Å². The topological polar surface area (TPSA) is 87.5 Å². The van der Waals surface area contributed by atoms with Crippen molar-refractivity contribution in [3.63, 3.8) is 0 Å². The van der Waals surface area contributed by atoms with Gasteiger partial charge in [0.15, 0.2) is 0 Å². The van der Waals surface area contributed by atoms with Crippen LogP contribution in [0.25, 0.3) is 17.3 Å². The fourth-order valence-corrected chi connectivity index (χ4v) is 4.65. The van der Waals surface area contributed by atoms with Crippen LogP contribution in [0.3, 0.4) is 0 Å². The van der Waals surface area contributed by atoms with Crippen molar-refractivity contribution < 1.29 is 19.8 Å². The Hall–Kier alpha value is -2.33. The van der Waals surface area contributed by atoms with E-state index in [9.17, 15) is 9.90 Å². The lowest BCUT2D eigenvalue weighted by atomic mass is 9.84. The Labute approximate surface area is 295 Å². The number of aliphatic hydroxyl groups excluding tert-OH is 1. The Morgan fingerprint density at radius 3 is 1.89 bits per heavy atom. The van der Waals surface area contributed by atoms with Crippen LogP contribution in [0, 0.1) is 10.8 Å². The summed E-state index contributed by atoms with van der Waals surface area (Å²) in [5, 5.41) is 19.5. The lowest BCUT2D eigenvalue weighted by Gasteiger charge is -2.23. The van der Waals surface area contributed by atoms with Crippen molar-refractivity contribution in [2.75, 3.05) is 7.11 Å². The molecule has 1 unspecified atom stereocenters. The minimum absolute atomic E-state index is 0.0122. The third kappa shape index (κ3) is 19.3. The highest BCUT2D eigenvalue weighted by Crippen LogP contribution is 2.39. The van der Waals surface area contributed by atoms with Crippen molar-refractivity contribution in [1.82, 2.24) is 4.98 Å². The van der Waals surface area contributed by atoms with Crippen LogP contribution in [0.1, 0.15) is 139 Å². The number of nitrogens with zero attached hydrogens (tertiary/aromatic N) is 1. The number of aromatic hydroxyl groups is 1. The molecule has 7 heteroatoms. The Bertz CT molecular complexity index is 1180. The molecule has 0 bridgehead atoms. The molecule has 1 saturated carbocycles. The summed E-state index contributed by atoms with van der Waals surface area (Å²) in [6.45, 7) is 26.3. The van der Waals surface area contributed by atoms with Gasteiger partial charge in [0.2, 0.25) is 0 Å². The van der Waals surface area contributed by atoms with Crippen LogP contribution in [0.2, 0.25) is 5.02 Å². The van der Waals surface area contributed by atoms with E-state index in [1.54, 1.807) is 0 Å². The first-order valence-corrected chi connectivity index (χ1v) is 18.0. The molecular formula is C40H67ClNO4P. The Morgan fingerprint density at radius 2 is 1.51 bits per heavy atom. The van der Waals surface area contributed by atoms with Crippen LogP contribution in [0.4, 0.5) is 0 Å². The second kappa shape index (κ2) is 26.6. The van der Waals surface area contributed by atoms with Gasteiger partial charge < -0.3 is 19.8 Å². The molecule has 1 atom stereocenters. The summed E-state index contributed by atoms with van der Waals surface area (Å²) in [5.41, 5.74) is 3.16. The molecule has 1 aromatic carbocycles. The number of unbranched alkanes of at least 4 members (excludes halogenated alkanes) is 1. The first-order chi connectivity index (χ1) is 22.1. The zero-order valence-corrected chi connectivity index (χ0v) is 33.6. The van der Waals surface area contributed by atoms with Gasteiger partial charge in [0.1, 0.15) is 24.0 Å². The normalized spacial score (nSPS) is 13.0. The van der Waals surface area contributed by atoms with Gasteiger partial charge in [-0.25, -0.2) is 4.98 Å². The molecule has 5 nitrogen and oxygen atoms in total. The van der Waals surface area contributed by atoms with Gasteiger partial charge in [-0.15, -0.1) is 15.8 Å². The van der Waals surface area contributed by atoms with Crippen LogP contribution < -0.4 is 5.30 Å². The number of aliphatic hydroxyl groups is 1. The van der Waals surface area contributed by atoms with E-state index in [1.165, 1.54) is 32.6 Å². The first kappa shape index (κ1) is 49.1. The number of rotatable bonds is 8. The van der Waals surface area contributed by atoms with Gasteiger partial charge in [-0.2, -0.15) is 0 Å². The van der Waals surface area contributed by atoms with Crippen molar-refractivity contribution in [3.8, 4) is 17.0 Å². The number of allylic oxidation sites excluding steroid dienone is 2. The van der Waals surface area contributed by atoms with Crippen LogP contribution in [-0.2, 0) is 15.0 Å². The monoisotopic (exact) mass is 691 g/mol. The number of aldehydes is 2. The largest absolute Gasteiger partial charge is 0.505 e. The summed E-state index contributed by atoms with van der Waals surface area (Å²) in [6, 6.07) is 7.82. The number of carbonyl (C=O) groups excluding carboxylic acids is 2. The average Bonchev–Trinajstić information content (AvgIpc) is 3.53. The first-order valence-electron chi connectivity index (χ1n) is 17.0. The van der Waals surface area contributed by atoms with Gasteiger partial charge in [0.25, 0.3) is 0 Å². The van der Waals surface area contributed by atoms with E-state index < -0.39 is 0 Å². The zero-order chi connectivity index (χ0) is 37.3. The maximum atomic E-state index is 10.8. The minimum Gasteiger partial charge on any atom is -0.505 e. The van der Waals surface area contributed by atoms with Crippen molar-refractivity contribution in [3.05, 3.63) is 59.3 Å². The molecule has 268 valence electrons. The molecule has 1 heterocycles. The molecule has 0 radical (unpaired) electrons. The molecule has 1 aromatic heterocycles. The van der Waals surface area contributed by atoms with Gasteiger partial charge >= 0.3 is 0 Å². The molecular weight excluding hydrogens is 625 g/mol. The molecule has 1 fully saturated rings. The second-order valence-electron chi connectivity index (χ2n) is 12.9. The van der Waals surface area contributed by atoms with E-state index in [1.807, 2.05) is 50.3 Å². The number of hydrogen-bond donors (Lipinski definition) is 2. The fraction of sp³-hybridized carbons (Fsp3) is 0.575. The average molecular weight is 692 g/mol. The minimum atomic E-state index is -0.194. The summed E-state index contributed by atoms with van der Waals surface area (Å²) >= 11 is 6.15. The van der Waals surface area contributed by atoms with E-state index >= 15 is 0 Å². The SMILES string of the molecule is C=CCC1(C=O)CCCC1.CC.CC=O.CCC(C)(C)/C=C/c1nc(-c2ccc(Cl)c(P)c2)cc(C(C)(C)C)c1O.CCCC.CO. The van der Waals surface area contributed by atoms with Crippen LogP contribution in [-0.4, -0.2) is 34.9 Å². The second-order valence-corrected chi connectivity index (χ2v) is 13.9. The zero-order valence-electron chi connectivity index (χ0n) is 31.7. The highest BCUT2D eigenvalue weighted by molar-refractivity contribution is 7.28. The van der Waals surface area contributed by atoms with Gasteiger partial charge in [-0.1, -0.05) is 125 Å². The number of hydrogen-bond acceptors (Lipinski definition) is 5. The smallest absolute Gasteiger partial charge is 0.144 e. The summed E-state index contributed by atoms with van der Waals surface area (Å²) in [7, 11) is 3.65. The molecule has 2 N–H and O–H groups in total. The van der Waals surface area contributed by atoms with Crippen LogP contribution >= 0.6 is 20.8 Å². The predicted molar refractivity (Wildman–Crippen MR) is 211 cm³/mol. The van der Waals surface area contributed by atoms with E-state index in [-0.39, 0.29) is 22.0 Å². The third-order valence-electron chi connectivity index (χ3n) is 7.62. The number of halogens is 1. The van der Waals surface area contributed by atoms with Crippen LogP contribution in [0.15, 0.2) is 43.0 Å². The number of aromatic nitrogens is 1. The van der Waals surface area contributed by atoms with E-state index in [0.717, 1.165) is 67.5 Å². The lowest BCUT2D eigenvalue weighted by molar-refractivity contribution is -0.115. The Balaban J connectivity index is -0.000000755. The predicted octanol–water partition coefficient (Wildman–Crippen LogP) is 11.3. The van der Waals surface area contributed by atoms with Gasteiger partial charge in [-0.3, -0.25) is 0 Å². The third-order valence-corrected chi connectivity index (χ3v) is 8.63. The quantitative estimate of drug-likeness (QED) is 0.163. The molecule has 47 heavy (non-hydrogen) atoms. The Kier molecular flexibility index (Phi) is 27.8. The summed E-state index contributed by atoms with van der Waals surface area (Å²) in [4.78, 5) is 24.2. The molecule has 0 spiro atoms. The molecule has 1 aliphatic rings. The van der Waals surface area contributed by atoms with E-state index in [0.29, 0.717) is 10.7 Å². The van der Waals surface area contributed by atoms with Gasteiger partial charge in [0, 0.05) is 28.7 Å². The van der Waals surface area contributed by atoms with Gasteiger partial charge in [-0.05, 0) is 73.0 Å². The number of benzene rings is 1. The maximum Gasteiger partial charge on any atom is 0.144 e. The molecule has 3 rings (SSSR count). The Morgan fingerprint density at radius 1 is 1.00 bits per heavy atom. The van der Waals surface area contributed by atoms with Gasteiger partial charge in [0.05, 0.1) is 5.69 Å². The standard InChI is InChI=1S/C22H29ClNOP.C9H14O.C4H10.C2H4O.C2H6.CH4O/c1-7-22(5,6)11-10-17-20(25)15(21(2,3)4)13-18(24-17)14-8-9-16(23)19(26)12-14;1-2-5-9(8-10)6-3-4-7-9;1-3-4-2;1-2-3;2*1-2/h8-13,25H,7,26H2,1-6H3;2,8H,1,3-7H2;3-4H2,1-2H3;2H,1H3;1-2H3;2H,1H3/b11-10+;;;;;. The molecule has 0 aliphatic heterocycles. The highest BCUT2D eigenvalue weighted by Gasteiger charge is 2.31. The number of pyridine rings is 1. The lowest BCUT2D eigenvalue weighted by Crippen LogP contribution is -2.16.